The highest BCUT2D eigenvalue weighted by Crippen LogP contribution is 2.15. The summed E-state index contributed by atoms with van der Waals surface area (Å²) < 4.78 is 5.04. The van der Waals surface area contributed by atoms with Crippen molar-refractivity contribution in [2.45, 2.75) is 20.3 Å². The molecule has 2 nitrogen and oxygen atoms in total. The topological polar surface area (TPSA) is 26.3 Å². The van der Waals surface area contributed by atoms with Crippen molar-refractivity contribution < 1.29 is 9.53 Å². The maximum atomic E-state index is 11.9. The van der Waals surface area contributed by atoms with Crippen molar-refractivity contribution >= 4 is 5.78 Å². The average Bonchev–Trinajstić information content (AvgIpc) is 2.30. The lowest BCUT2D eigenvalue weighted by atomic mass is 10.0. The molecule has 0 amide bonds. The summed E-state index contributed by atoms with van der Waals surface area (Å²) in [5.41, 5.74) is 1.56. The van der Waals surface area contributed by atoms with E-state index >= 15 is 0 Å². The van der Waals surface area contributed by atoms with Gasteiger partial charge in [-0.15, -0.1) is 0 Å². The molecule has 80 valence electrons. The second-order valence-corrected chi connectivity index (χ2v) is 3.23. The van der Waals surface area contributed by atoms with E-state index < -0.39 is 0 Å². The Hall–Kier alpha value is -1.57. The molecule has 0 atom stereocenters. The van der Waals surface area contributed by atoms with Crippen LogP contribution in [0.3, 0.4) is 0 Å². The minimum Gasteiger partial charge on any atom is -0.497 e. The summed E-state index contributed by atoms with van der Waals surface area (Å²) in [6, 6.07) is 7.19. The first-order chi connectivity index (χ1) is 7.22. The van der Waals surface area contributed by atoms with Gasteiger partial charge in [0, 0.05) is 5.56 Å². The molecule has 0 radical (unpaired) electrons. The predicted octanol–water partition coefficient (Wildman–Crippen LogP) is 3.23. The molecular weight excluding hydrogens is 188 g/mol. The summed E-state index contributed by atoms with van der Waals surface area (Å²) in [6.07, 6.45) is 2.63. The van der Waals surface area contributed by atoms with E-state index in [1.807, 2.05) is 19.9 Å². The largest absolute Gasteiger partial charge is 0.497 e. The van der Waals surface area contributed by atoms with Crippen LogP contribution in [0.1, 0.15) is 30.6 Å². The molecule has 0 aromatic heterocycles. The molecule has 0 saturated heterocycles. The lowest BCUT2D eigenvalue weighted by molar-refractivity contribution is 0.103. The van der Waals surface area contributed by atoms with E-state index in [0.717, 1.165) is 17.7 Å². The summed E-state index contributed by atoms with van der Waals surface area (Å²) in [5, 5.41) is 0. The number of methoxy groups -OCH3 is 1. The van der Waals surface area contributed by atoms with Gasteiger partial charge in [-0.3, -0.25) is 4.79 Å². The van der Waals surface area contributed by atoms with E-state index in [0.29, 0.717) is 5.56 Å². The number of Topliss-reactive ketones (excluding diaryl/α,β-unsaturated/α-hetero) is 1. The minimum atomic E-state index is 0.0997. The molecular formula is C13H16O2. The van der Waals surface area contributed by atoms with Crippen LogP contribution >= 0.6 is 0 Å². The molecule has 0 unspecified atom stereocenters. The van der Waals surface area contributed by atoms with Crippen molar-refractivity contribution in [1.29, 1.82) is 0 Å². The molecule has 0 saturated carbocycles. The monoisotopic (exact) mass is 204 g/mol. The molecule has 15 heavy (non-hydrogen) atoms. The van der Waals surface area contributed by atoms with Crippen LogP contribution in [0.15, 0.2) is 35.9 Å². The Kier molecular flexibility index (Phi) is 4.10. The second-order valence-electron chi connectivity index (χ2n) is 3.23. The van der Waals surface area contributed by atoms with E-state index in [-0.39, 0.29) is 5.78 Å². The van der Waals surface area contributed by atoms with Crippen LogP contribution in [0.2, 0.25) is 0 Å². The fourth-order valence-electron chi connectivity index (χ4n) is 1.42. The number of allylic oxidation sites excluding steroid dienone is 2. The van der Waals surface area contributed by atoms with Crippen LogP contribution in [0.25, 0.3) is 0 Å². The van der Waals surface area contributed by atoms with Crippen LogP contribution < -0.4 is 4.74 Å². The lowest BCUT2D eigenvalue weighted by Crippen LogP contribution is -2.02. The van der Waals surface area contributed by atoms with Crippen LogP contribution in [-0.2, 0) is 0 Å². The standard InChI is InChI=1S/C13H16O2/c1-4-10(5-2)13(14)11-6-8-12(15-3)9-7-11/h4,6-9H,5H2,1-3H3/b10-4+. The molecule has 0 bridgehead atoms. The molecule has 0 N–H and O–H groups in total. The predicted molar refractivity (Wildman–Crippen MR) is 61.4 cm³/mol. The zero-order valence-electron chi connectivity index (χ0n) is 9.41. The van der Waals surface area contributed by atoms with Crippen molar-refractivity contribution in [3.8, 4) is 5.75 Å². The minimum absolute atomic E-state index is 0.0997. The van der Waals surface area contributed by atoms with E-state index in [1.165, 1.54) is 0 Å². The highest BCUT2D eigenvalue weighted by Gasteiger charge is 2.09. The van der Waals surface area contributed by atoms with Gasteiger partial charge in [-0.2, -0.15) is 0 Å². The summed E-state index contributed by atoms with van der Waals surface area (Å²) in [4.78, 5) is 11.9. The summed E-state index contributed by atoms with van der Waals surface area (Å²) >= 11 is 0. The Labute approximate surface area is 90.6 Å². The van der Waals surface area contributed by atoms with Crippen molar-refractivity contribution in [3.63, 3.8) is 0 Å². The Bertz CT molecular complexity index is 361. The maximum absolute atomic E-state index is 11.9. The molecule has 2 heteroatoms. The molecule has 1 aromatic carbocycles. The van der Waals surface area contributed by atoms with Gasteiger partial charge in [0.1, 0.15) is 5.75 Å². The number of ether oxygens (including phenoxy) is 1. The normalized spacial score (nSPS) is 11.3. The van der Waals surface area contributed by atoms with Gasteiger partial charge in [-0.05, 0) is 43.2 Å². The maximum Gasteiger partial charge on any atom is 0.188 e. The summed E-state index contributed by atoms with van der Waals surface area (Å²) in [6.45, 7) is 3.87. The number of ketones is 1. The van der Waals surface area contributed by atoms with Gasteiger partial charge in [0.15, 0.2) is 5.78 Å². The van der Waals surface area contributed by atoms with Crippen LogP contribution in [0.4, 0.5) is 0 Å². The van der Waals surface area contributed by atoms with Gasteiger partial charge in [-0.1, -0.05) is 13.0 Å². The number of carbonyl (C=O) groups is 1. The number of benzene rings is 1. The molecule has 0 aliphatic heterocycles. The summed E-state index contributed by atoms with van der Waals surface area (Å²) in [5.74, 6) is 0.868. The lowest BCUT2D eigenvalue weighted by Gasteiger charge is -2.04. The zero-order valence-corrected chi connectivity index (χ0v) is 9.41. The van der Waals surface area contributed by atoms with E-state index in [9.17, 15) is 4.79 Å². The zero-order chi connectivity index (χ0) is 11.3. The third-order valence-electron chi connectivity index (χ3n) is 2.37. The highest BCUT2D eigenvalue weighted by atomic mass is 16.5. The number of carbonyl (C=O) groups excluding carboxylic acids is 1. The first-order valence-corrected chi connectivity index (χ1v) is 5.06. The quantitative estimate of drug-likeness (QED) is 0.556. The molecule has 0 aliphatic rings. The molecule has 0 aliphatic carbocycles. The first-order valence-electron chi connectivity index (χ1n) is 5.06. The van der Waals surface area contributed by atoms with Crippen molar-refractivity contribution in [2.24, 2.45) is 0 Å². The van der Waals surface area contributed by atoms with Crippen LogP contribution in [0.5, 0.6) is 5.75 Å². The Morgan fingerprint density at radius 2 is 1.93 bits per heavy atom. The van der Waals surface area contributed by atoms with Crippen molar-refractivity contribution in [2.75, 3.05) is 7.11 Å². The third-order valence-corrected chi connectivity index (χ3v) is 2.37. The van der Waals surface area contributed by atoms with Gasteiger partial charge >= 0.3 is 0 Å². The average molecular weight is 204 g/mol. The number of hydrogen-bond donors (Lipinski definition) is 0. The first kappa shape index (κ1) is 11.5. The van der Waals surface area contributed by atoms with Gasteiger partial charge in [-0.25, -0.2) is 0 Å². The van der Waals surface area contributed by atoms with Gasteiger partial charge < -0.3 is 4.74 Å². The van der Waals surface area contributed by atoms with Gasteiger partial charge in [0.05, 0.1) is 7.11 Å². The fourth-order valence-corrected chi connectivity index (χ4v) is 1.42. The number of hydrogen-bond acceptors (Lipinski definition) is 2. The SMILES string of the molecule is C/C=C(\CC)C(=O)c1ccc(OC)cc1. The van der Waals surface area contributed by atoms with Crippen LogP contribution in [0, 0.1) is 0 Å². The fraction of sp³-hybridized carbons (Fsp3) is 0.308. The van der Waals surface area contributed by atoms with Crippen LogP contribution in [-0.4, -0.2) is 12.9 Å². The van der Waals surface area contributed by atoms with E-state index in [1.54, 1.807) is 31.4 Å². The number of rotatable bonds is 4. The third kappa shape index (κ3) is 2.69. The van der Waals surface area contributed by atoms with E-state index in [4.69, 9.17) is 4.74 Å². The highest BCUT2D eigenvalue weighted by molar-refractivity contribution is 6.08. The summed E-state index contributed by atoms with van der Waals surface area (Å²) in [7, 11) is 1.61. The Morgan fingerprint density at radius 1 is 1.33 bits per heavy atom. The van der Waals surface area contributed by atoms with Gasteiger partial charge in [0.2, 0.25) is 0 Å². The van der Waals surface area contributed by atoms with Gasteiger partial charge in [0.25, 0.3) is 0 Å². The molecule has 0 fully saturated rings. The Morgan fingerprint density at radius 3 is 2.33 bits per heavy atom. The molecule has 0 spiro atoms. The second kappa shape index (κ2) is 5.35. The smallest absolute Gasteiger partial charge is 0.188 e. The van der Waals surface area contributed by atoms with E-state index in [2.05, 4.69) is 0 Å². The van der Waals surface area contributed by atoms with Crippen molar-refractivity contribution in [3.05, 3.63) is 41.5 Å². The molecule has 0 heterocycles. The molecule has 1 rings (SSSR count). The Balaban J connectivity index is 2.92. The molecule has 1 aromatic rings. The van der Waals surface area contributed by atoms with Crippen molar-refractivity contribution in [1.82, 2.24) is 0 Å².